The van der Waals surface area contributed by atoms with Gasteiger partial charge < -0.3 is 0 Å². The van der Waals surface area contributed by atoms with Gasteiger partial charge in [0, 0.05) is 45.2 Å². The van der Waals surface area contributed by atoms with Crippen LogP contribution in [-0.2, 0) is 0 Å². The molecule has 6 heteroatoms. The van der Waals surface area contributed by atoms with Crippen molar-refractivity contribution in [3.05, 3.63) is 64.9 Å². The van der Waals surface area contributed by atoms with Gasteiger partial charge in [0.15, 0.2) is 0 Å². The maximum Gasteiger partial charge on any atom is 0.0711 e. The number of halogens is 2. The lowest BCUT2D eigenvalue weighted by atomic mass is 9.97. The molecule has 0 saturated carbocycles. The van der Waals surface area contributed by atoms with Crippen LogP contribution in [0.3, 0.4) is 0 Å². The molecule has 6 aromatic rings. The van der Waals surface area contributed by atoms with E-state index in [0.717, 1.165) is 33.3 Å². The second-order valence-corrected chi connectivity index (χ2v) is 23.2. The summed E-state index contributed by atoms with van der Waals surface area (Å²) in [5.41, 5.74) is 4.78. The molecule has 0 radical (unpaired) electrons. The highest BCUT2D eigenvalue weighted by molar-refractivity contribution is 9.11. The molecule has 0 saturated heterocycles. The zero-order valence-electron chi connectivity index (χ0n) is 38.5. The molecular weight excluding hydrogens is 961 g/mol. The van der Waals surface area contributed by atoms with Crippen LogP contribution in [0.25, 0.3) is 40.3 Å². The summed E-state index contributed by atoms with van der Waals surface area (Å²) in [4.78, 5) is 0. The topological polar surface area (TPSA) is 0 Å². The van der Waals surface area contributed by atoms with Crippen molar-refractivity contribution in [3.8, 4) is 47.4 Å². The van der Waals surface area contributed by atoms with Gasteiger partial charge in [0.1, 0.15) is 0 Å². The molecule has 2 aromatic carbocycles. The van der Waals surface area contributed by atoms with Crippen molar-refractivity contribution in [1.82, 2.24) is 0 Å². The fourth-order valence-electron chi connectivity index (χ4n) is 7.86. The van der Waals surface area contributed by atoms with E-state index in [9.17, 15) is 0 Å². The molecule has 0 N–H and O–H groups in total. The maximum absolute atomic E-state index is 3.74. The zero-order valence-corrected chi connectivity index (χ0v) is 44.9. The minimum atomic E-state index is 0.467. The van der Waals surface area contributed by atoms with Crippen LogP contribution < -0.4 is 0 Å². The van der Waals surface area contributed by atoms with E-state index < -0.39 is 0 Å². The molecule has 0 aliphatic heterocycles. The monoisotopic (exact) mass is 1020 g/mol. The van der Waals surface area contributed by atoms with Gasteiger partial charge in [0.2, 0.25) is 0 Å². The number of rotatable bonds is 16. The van der Waals surface area contributed by atoms with Gasteiger partial charge in [-0.3, -0.25) is 0 Å². The standard InChI is InChI=1S/C28H32Br2S2.C28H34S2/c1-5-9-11-19(7-3)13-15-21-23-17-25(29)32-28(23)22(24-18-26(30)31-27(21)24)16-14-20(8-4)12-10-6-2;1-5-9-11-21(7-3)13-15-23-25-17-19-30-28(25)24(26-18-20-29-27(23)26)16-14-22(8-4)12-10-6-2/h17-20H,5-12H2,1-4H3;17-22H,5-12H2,1-4H3. The smallest absolute Gasteiger partial charge is 0.0711 e. The summed E-state index contributed by atoms with van der Waals surface area (Å²) in [6.45, 7) is 18.1. The largest absolute Gasteiger partial charge is 0.142 e. The van der Waals surface area contributed by atoms with E-state index in [1.807, 2.05) is 22.7 Å². The Morgan fingerprint density at radius 3 is 0.984 bits per heavy atom. The van der Waals surface area contributed by atoms with Crippen molar-refractivity contribution in [2.75, 3.05) is 0 Å². The van der Waals surface area contributed by atoms with Crippen LogP contribution in [0.4, 0.5) is 0 Å². The highest BCUT2D eigenvalue weighted by atomic mass is 79.9. The molecule has 4 aromatic heterocycles. The number of thiophene rings is 4. The zero-order chi connectivity index (χ0) is 44.4. The molecule has 328 valence electrons. The highest BCUT2D eigenvalue weighted by Crippen LogP contribution is 2.44. The SMILES string of the molecule is CCCCC(C#Cc1c2cc(Br)sc2c(C#CC(CC)CCCC)c2cc(Br)sc12)CC.CCCCC(C#Cc1c2ccsc2c(C#CC(CC)CCCC)c2ccsc12)CC. The number of benzene rings is 2. The second-order valence-electron chi connectivity index (χ2n) is 16.5. The highest BCUT2D eigenvalue weighted by Gasteiger charge is 2.19. The van der Waals surface area contributed by atoms with Gasteiger partial charge in [-0.25, -0.2) is 0 Å². The molecule has 0 aliphatic carbocycles. The van der Waals surface area contributed by atoms with Crippen LogP contribution in [0.15, 0.2) is 42.6 Å². The lowest BCUT2D eigenvalue weighted by Crippen LogP contribution is -1.95. The van der Waals surface area contributed by atoms with Gasteiger partial charge in [-0.2, -0.15) is 0 Å². The fourth-order valence-corrected chi connectivity index (χ4v) is 12.9. The van der Waals surface area contributed by atoms with Crippen LogP contribution in [0.2, 0.25) is 0 Å². The maximum atomic E-state index is 3.74. The third kappa shape index (κ3) is 13.3. The quantitative estimate of drug-likeness (QED) is 0.0848. The molecule has 0 amide bonds. The normalized spacial score (nSPS) is 12.9. The van der Waals surface area contributed by atoms with E-state index >= 15 is 0 Å². The molecule has 4 atom stereocenters. The van der Waals surface area contributed by atoms with Gasteiger partial charge >= 0.3 is 0 Å². The second kappa shape index (κ2) is 26.4. The summed E-state index contributed by atoms with van der Waals surface area (Å²) in [5, 5.41) is 9.47. The van der Waals surface area contributed by atoms with Crippen LogP contribution in [-0.4, -0.2) is 0 Å². The Hall–Kier alpha value is -2.52. The average Bonchev–Trinajstić information content (AvgIpc) is 4.12. The van der Waals surface area contributed by atoms with Gasteiger partial charge in [-0.05, 0) is 118 Å². The van der Waals surface area contributed by atoms with Crippen LogP contribution in [0.1, 0.15) is 180 Å². The van der Waals surface area contributed by atoms with Crippen molar-refractivity contribution < 1.29 is 0 Å². The lowest BCUT2D eigenvalue weighted by Gasteiger charge is -2.08. The number of hydrogen-bond acceptors (Lipinski definition) is 4. The third-order valence-corrected chi connectivity index (χ3v) is 17.1. The predicted molar refractivity (Wildman–Crippen MR) is 291 cm³/mol. The van der Waals surface area contributed by atoms with Crippen molar-refractivity contribution in [3.63, 3.8) is 0 Å². The van der Waals surface area contributed by atoms with Crippen molar-refractivity contribution in [2.45, 2.75) is 158 Å². The van der Waals surface area contributed by atoms with E-state index in [1.54, 1.807) is 22.7 Å². The molecular formula is C56H66Br2S4. The van der Waals surface area contributed by atoms with E-state index in [0.29, 0.717) is 23.7 Å². The Morgan fingerprint density at radius 2 is 0.710 bits per heavy atom. The summed E-state index contributed by atoms with van der Waals surface area (Å²) in [6.07, 6.45) is 19.2. The predicted octanol–water partition coefficient (Wildman–Crippen LogP) is 20.0. The molecule has 4 unspecified atom stereocenters. The van der Waals surface area contributed by atoms with E-state index in [2.05, 4.69) is 170 Å². The number of unbranched alkanes of at least 4 members (excludes halogenated alkanes) is 4. The molecule has 0 fully saturated rings. The first-order valence-corrected chi connectivity index (χ1v) is 28.5. The van der Waals surface area contributed by atoms with Crippen molar-refractivity contribution in [1.29, 1.82) is 0 Å². The summed E-state index contributed by atoms with van der Waals surface area (Å²) in [7, 11) is 0. The Morgan fingerprint density at radius 1 is 0.419 bits per heavy atom. The Labute approximate surface area is 408 Å². The molecule has 0 nitrogen and oxygen atoms in total. The van der Waals surface area contributed by atoms with Crippen LogP contribution in [0.5, 0.6) is 0 Å². The van der Waals surface area contributed by atoms with E-state index in [1.165, 1.54) is 140 Å². The molecule has 62 heavy (non-hydrogen) atoms. The van der Waals surface area contributed by atoms with E-state index in [-0.39, 0.29) is 0 Å². The van der Waals surface area contributed by atoms with Crippen molar-refractivity contribution in [2.24, 2.45) is 23.7 Å². The van der Waals surface area contributed by atoms with Gasteiger partial charge in [0.25, 0.3) is 0 Å². The van der Waals surface area contributed by atoms with Gasteiger partial charge in [-0.1, -0.05) is 154 Å². The first-order valence-electron chi connectivity index (χ1n) is 23.6. The Kier molecular flexibility index (Phi) is 21.5. The number of hydrogen-bond donors (Lipinski definition) is 0. The third-order valence-electron chi connectivity index (χ3n) is 11.9. The average molecular weight is 1030 g/mol. The summed E-state index contributed by atoms with van der Waals surface area (Å²) < 4.78 is 7.43. The lowest BCUT2D eigenvalue weighted by molar-refractivity contribution is 0.556. The minimum Gasteiger partial charge on any atom is -0.142 e. The summed E-state index contributed by atoms with van der Waals surface area (Å²) in [6, 6.07) is 8.97. The Bertz CT molecular complexity index is 2340. The molecule has 0 spiro atoms. The van der Waals surface area contributed by atoms with Crippen LogP contribution >= 0.6 is 77.2 Å². The van der Waals surface area contributed by atoms with Crippen LogP contribution in [0, 0.1) is 71.0 Å². The summed E-state index contributed by atoms with van der Waals surface area (Å²) >= 11 is 14.7. The first-order chi connectivity index (χ1) is 30.2. The minimum absolute atomic E-state index is 0.467. The van der Waals surface area contributed by atoms with Gasteiger partial charge in [0.05, 0.1) is 48.6 Å². The molecule has 4 heterocycles. The number of fused-ring (bicyclic) bond motifs is 4. The van der Waals surface area contributed by atoms with Gasteiger partial charge in [-0.15, -0.1) is 45.3 Å². The molecule has 6 rings (SSSR count). The fraction of sp³-hybridized carbons (Fsp3) is 0.500. The first kappa shape index (κ1) is 50.5. The Balaban J connectivity index is 0.000000235. The summed E-state index contributed by atoms with van der Waals surface area (Å²) in [5.74, 6) is 30.9. The molecule has 0 aliphatic rings. The molecule has 0 bridgehead atoms. The van der Waals surface area contributed by atoms with Crippen molar-refractivity contribution >= 4 is 118 Å². The van der Waals surface area contributed by atoms with E-state index in [4.69, 9.17) is 0 Å².